The molecule has 3 rings (SSSR count). The van der Waals surface area contributed by atoms with Crippen molar-refractivity contribution in [3.05, 3.63) is 23.9 Å². The van der Waals surface area contributed by atoms with Crippen molar-refractivity contribution in [1.29, 1.82) is 0 Å². The minimum atomic E-state index is 0.465. The lowest BCUT2D eigenvalue weighted by Gasteiger charge is -2.37. The molecule has 1 aliphatic carbocycles. The summed E-state index contributed by atoms with van der Waals surface area (Å²) in [6.07, 6.45) is 4.44. The van der Waals surface area contributed by atoms with Crippen molar-refractivity contribution in [2.45, 2.75) is 46.2 Å². The predicted molar refractivity (Wildman–Crippen MR) is 116 cm³/mol. The molecule has 7 heteroatoms. The quantitative estimate of drug-likeness (QED) is 0.461. The number of hydrogen-bond donors (Lipinski definition) is 2. The second-order valence-electron chi connectivity index (χ2n) is 8.29. The lowest BCUT2D eigenvalue weighted by molar-refractivity contribution is 0.00752. The summed E-state index contributed by atoms with van der Waals surface area (Å²) >= 11 is 0. The number of rotatable bonds is 10. The zero-order chi connectivity index (χ0) is 20.5. The molecule has 1 saturated heterocycles. The molecule has 1 unspecified atom stereocenters. The number of morpholine rings is 1. The second-order valence-corrected chi connectivity index (χ2v) is 8.29. The van der Waals surface area contributed by atoms with Gasteiger partial charge in [0.25, 0.3) is 0 Å². The number of guanidine groups is 1. The second kappa shape index (κ2) is 11.4. The maximum absolute atomic E-state index is 5.71. The van der Waals surface area contributed by atoms with Gasteiger partial charge < -0.3 is 20.1 Å². The van der Waals surface area contributed by atoms with Gasteiger partial charge in [-0.15, -0.1) is 0 Å². The summed E-state index contributed by atoms with van der Waals surface area (Å²) in [5.74, 6) is 2.86. The van der Waals surface area contributed by atoms with Crippen molar-refractivity contribution >= 4 is 5.96 Å². The molecule has 0 spiro atoms. The van der Waals surface area contributed by atoms with Gasteiger partial charge in [0.05, 0.1) is 26.4 Å². The summed E-state index contributed by atoms with van der Waals surface area (Å²) in [6.45, 7) is 13.4. The largest absolute Gasteiger partial charge is 0.477 e. The third kappa shape index (κ3) is 7.48. The lowest BCUT2D eigenvalue weighted by atomic mass is 10.0. The molecule has 1 aromatic heterocycles. The van der Waals surface area contributed by atoms with Gasteiger partial charge in [0.2, 0.25) is 5.88 Å². The summed E-state index contributed by atoms with van der Waals surface area (Å²) in [4.78, 5) is 11.7. The van der Waals surface area contributed by atoms with Gasteiger partial charge >= 0.3 is 0 Å². The van der Waals surface area contributed by atoms with Crippen LogP contribution in [0.5, 0.6) is 5.88 Å². The van der Waals surface area contributed by atoms with E-state index < -0.39 is 0 Å². The highest BCUT2D eigenvalue weighted by atomic mass is 16.5. The van der Waals surface area contributed by atoms with Gasteiger partial charge in [0.1, 0.15) is 0 Å². The first-order valence-corrected chi connectivity index (χ1v) is 11.1. The number of nitrogens with zero attached hydrogens (tertiary/aromatic N) is 3. The Bertz CT molecular complexity index is 625. The first-order chi connectivity index (χ1) is 14.2. The molecule has 162 valence electrons. The SMILES string of the molecule is CCNC(=NCc1ccc(OCC2CC2)nc1)NCC(C(C)C)N1CCOCC1. The Morgan fingerprint density at radius 3 is 2.69 bits per heavy atom. The van der Waals surface area contributed by atoms with Gasteiger partial charge in [-0.3, -0.25) is 4.90 Å². The molecule has 0 aromatic carbocycles. The Balaban J connectivity index is 1.51. The number of nitrogens with one attached hydrogen (secondary N) is 2. The van der Waals surface area contributed by atoms with Crippen molar-refractivity contribution in [2.75, 3.05) is 46.0 Å². The molecular weight excluding hydrogens is 366 g/mol. The molecule has 1 atom stereocenters. The minimum Gasteiger partial charge on any atom is -0.477 e. The molecule has 1 saturated carbocycles. The first-order valence-electron chi connectivity index (χ1n) is 11.1. The molecule has 0 radical (unpaired) electrons. The standard InChI is InChI=1S/C22H37N5O2/c1-4-23-22(26-15-20(17(2)3)27-9-11-28-12-10-27)25-14-19-7-8-21(24-13-19)29-16-18-5-6-18/h7-8,13,17-18,20H,4-6,9-12,14-16H2,1-3H3,(H2,23,25,26). The van der Waals surface area contributed by atoms with E-state index in [4.69, 9.17) is 14.5 Å². The summed E-state index contributed by atoms with van der Waals surface area (Å²) in [5.41, 5.74) is 1.08. The van der Waals surface area contributed by atoms with Crippen LogP contribution < -0.4 is 15.4 Å². The Kier molecular flexibility index (Phi) is 8.55. The van der Waals surface area contributed by atoms with Crippen molar-refractivity contribution in [1.82, 2.24) is 20.5 Å². The van der Waals surface area contributed by atoms with E-state index in [1.807, 2.05) is 18.3 Å². The fourth-order valence-corrected chi connectivity index (χ4v) is 3.49. The third-order valence-corrected chi connectivity index (χ3v) is 5.49. The van der Waals surface area contributed by atoms with Crippen LogP contribution >= 0.6 is 0 Å². The van der Waals surface area contributed by atoms with E-state index in [1.165, 1.54) is 12.8 Å². The van der Waals surface area contributed by atoms with Crippen LogP contribution in [0, 0.1) is 11.8 Å². The molecular formula is C22H37N5O2. The van der Waals surface area contributed by atoms with Crippen molar-refractivity contribution in [3.63, 3.8) is 0 Å². The van der Waals surface area contributed by atoms with Crippen LogP contribution in [-0.4, -0.2) is 67.9 Å². The highest BCUT2D eigenvalue weighted by molar-refractivity contribution is 5.79. The van der Waals surface area contributed by atoms with E-state index in [-0.39, 0.29) is 0 Å². The van der Waals surface area contributed by atoms with Crippen LogP contribution in [0.25, 0.3) is 0 Å². The molecule has 1 aliphatic heterocycles. The van der Waals surface area contributed by atoms with Crippen LogP contribution in [0.2, 0.25) is 0 Å². The molecule has 2 fully saturated rings. The Hall–Kier alpha value is -1.86. The van der Waals surface area contributed by atoms with Crippen molar-refractivity contribution in [2.24, 2.45) is 16.8 Å². The van der Waals surface area contributed by atoms with Gasteiger partial charge in [-0.2, -0.15) is 0 Å². The average Bonchev–Trinajstić information content (AvgIpc) is 3.56. The van der Waals surface area contributed by atoms with Gasteiger partial charge in [0.15, 0.2) is 5.96 Å². The molecule has 0 bridgehead atoms. The maximum atomic E-state index is 5.71. The summed E-state index contributed by atoms with van der Waals surface area (Å²) in [6, 6.07) is 4.46. The predicted octanol–water partition coefficient (Wildman–Crippen LogP) is 2.28. The zero-order valence-electron chi connectivity index (χ0n) is 18.2. The Labute approximate surface area is 175 Å². The Morgan fingerprint density at radius 2 is 2.07 bits per heavy atom. The van der Waals surface area contributed by atoms with Gasteiger partial charge in [-0.1, -0.05) is 19.9 Å². The van der Waals surface area contributed by atoms with Crippen molar-refractivity contribution < 1.29 is 9.47 Å². The molecule has 2 heterocycles. The molecule has 2 N–H and O–H groups in total. The molecule has 1 aromatic rings. The van der Waals surface area contributed by atoms with Gasteiger partial charge in [-0.25, -0.2) is 9.98 Å². The van der Waals surface area contributed by atoms with E-state index >= 15 is 0 Å². The zero-order valence-corrected chi connectivity index (χ0v) is 18.2. The first kappa shape index (κ1) is 21.8. The van der Waals surface area contributed by atoms with Crippen LogP contribution in [0.15, 0.2) is 23.3 Å². The monoisotopic (exact) mass is 403 g/mol. The number of pyridine rings is 1. The summed E-state index contributed by atoms with van der Waals surface area (Å²) in [7, 11) is 0. The minimum absolute atomic E-state index is 0.465. The molecule has 2 aliphatic rings. The average molecular weight is 404 g/mol. The van der Waals surface area contributed by atoms with Crippen molar-refractivity contribution in [3.8, 4) is 5.88 Å². The summed E-state index contributed by atoms with van der Waals surface area (Å²) < 4.78 is 11.2. The van der Waals surface area contributed by atoms with Crippen LogP contribution in [-0.2, 0) is 11.3 Å². The number of aliphatic imine (C=N–C) groups is 1. The van der Waals surface area contributed by atoms with E-state index in [0.29, 0.717) is 24.4 Å². The fraction of sp³-hybridized carbons (Fsp3) is 0.727. The van der Waals surface area contributed by atoms with E-state index in [9.17, 15) is 0 Å². The number of aromatic nitrogens is 1. The highest BCUT2D eigenvalue weighted by Gasteiger charge is 2.24. The van der Waals surface area contributed by atoms with Gasteiger partial charge in [-0.05, 0) is 37.2 Å². The molecule has 0 amide bonds. The number of hydrogen-bond acceptors (Lipinski definition) is 5. The molecule has 7 nitrogen and oxygen atoms in total. The number of ether oxygens (including phenoxy) is 2. The fourth-order valence-electron chi connectivity index (χ4n) is 3.49. The van der Waals surface area contributed by atoms with Crippen LogP contribution in [0.4, 0.5) is 0 Å². The Morgan fingerprint density at radius 1 is 1.28 bits per heavy atom. The smallest absolute Gasteiger partial charge is 0.213 e. The summed E-state index contributed by atoms with van der Waals surface area (Å²) in [5, 5.41) is 6.88. The normalized spacial score (nSPS) is 19.2. The maximum Gasteiger partial charge on any atom is 0.213 e. The van der Waals surface area contributed by atoms with Crippen LogP contribution in [0.3, 0.4) is 0 Å². The van der Waals surface area contributed by atoms with Gasteiger partial charge in [0, 0.05) is 44.5 Å². The highest BCUT2D eigenvalue weighted by Crippen LogP contribution is 2.29. The topological polar surface area (TPSA) is 71.0 Å². The lowest BCUT2D eigenvalue weighted by Crippen LogP contribution is -2.52. The van der Waals surface area contributed by atoms with E-state index in [1.54, 1.807) is 0 Å². The van der Waals surface area contributed by atoms with E-state index in [0.717, 1.165) is 63.4 Å². The van der Waals surface area contributed by atoms with E-state index in [2.05, 4.69) is 41.3 Å². The van der Waals surface area contributed by atoms with Crippen LogP contribution in [0.1, 0.15) is 39.2 Å². The molecule has 29 heavy (non-hydrogen) atoms. The third-order valence-electron chi connectivity index (χ3n) is 5.49.